The molecule has 0 aliphatic rings. The van der Waals surface area contributed by atoms with E-state index in [1.165, 1.54) is 0 Å². The number of carbonyl (C=O) groups is 1. The molecule has 78 valence electrons. The number of ketones is 1. The molecule has 3 heteroatoms. The average molecular weight is 203 g/mol. The lowest BCUT2D eigenvalue weighted by molar-refractivity contribution is -0.122. The molecule has 0 saturated carbocycles. The van der Waals surface area contributed by atoms with E-state index in [9.17, 15) is 4.79 Å². The molecule has 0 fully saturated rings. The molecule has 0 spiro atoms. The number of Topliss-reactive ketones (excluding diaryl/α,β-unsaturated/α-hetero) is 1. The van der Waals surface area contributed by atoms with E-state index >= 15 is 0 Å². The van der Waals surface area contributed by atoms with E-state index in [1.54, 1.807) is 0 Å². The molecule has 0 radical (unpaired) electrons. The highest BCUT2D eigenvalue weighted by Crippen LogP contribution is 2.11. The summed E-state index contributed by atoms with van der Waals surface area (Å²) in [5.41, 5.74) is 0. The Morgan fingerprint density at radius 3 is 2.31 bits per heavy atom. The number of hydrogen-bond acceptors (Lipinski definition) is 3. The number of hydrogen-bond donors (Lipinski definition) is 2. The fourth-order valence-electron chi connectivity index (χ4n) is 1.27. The predicted molar refractivity (Wildman–Crippen MR) is 60.1 cm³/mol. The molecule has 0 aromatic rings. The second-order valence-corrected chi connectivity index (χ2v) is 4.42. The quantitative estimate of drug-likeness (QED) is 0.512. The molecule has 0 amide bonds. The van der Waals surface area contributed by atoms with Crippen molar-refractivity contribution in [1.29, 1.82) is 0 Å². The lowest BCUT2D eigenvalue weighted by Gasteiger charge is -2.18. The van der Waals surface area contributed by atoms with Crippen LogP contribution < -0.4 is 5.32 Å². The zero-order valence-corrected chi connectivity index (χ0v) is 9.90. The van der Waals surface area contributed by atoms with Gasteiger partial charge in [-0.3, -0.25) is 4.79 Å². The summed E-state index contributed by atoms with van der Waals surface area (Å²) in [6.45, 7) is 8.03. The zero-order valence-electron chi connectivity index (χ0n) is 9.00. The molecule has 0 aromatic heterocycles. The minimum Gasteiger partial charge on any atom is -0.303 e. The van der Waals surface area contributed by atoms with Crippen molar-refractivity contribution < 1.29 is 4.79 Å². The Kier molecular flexibility index (Phi) is 6.43. The molecule has 0 rings (SSSR count). The van der Waals surface area contributed by atoms with Gasteiger partial charge >= 0.3 is 0 Å². The van der Waals surface area contributed by atoms with E-state index < -0.39 is 0 Å². The Bertz CT molecular complexity index is 159. The molecule has 0 saturated heterocycles. The van der Waals surface area contributed by atoms with E-state index in [2.05, 4.69) is 31.8 Å². The lowest BCUT2D eigenvalue weighted by atomic mass is 10.0. The number of carbonyl (C=O) groups excluding carboxylic acids is 1. The van der Waals surface area contributed by atoms with E-state index in [4.69, 9.17) is 0 Å². The first-order valence-corrected chi connectivity index (χ1v) is 5.45. The number of thiol groups is 1. The first-order valence-electron chi connectivity index (χ1n) is 4.94. The third kappa shape index (κ3) is 6.11. The van der Waals surface area contributed by atoms with E-state index in [0.717, 1.165) is 6.42 Å². The maximum absolute atomic E-state index is 11.3. The van der Waals surface area contributed by atoms with Crippen LogP contribution in [0.4, 0.5) is 0 Å². The van der Waals surface area contributed by atoms with Gasteiger partial charge in [-0.05, 0) is 20.3 Å². The fourth-order valence-corrected chi connectivity index (χ4v) is 1.88. The van der Waals surface area contributed by atoms with Crippen molar-refractivity contribution in [3.05, 3.63) is 0 Å². The molecular formula is C10H21NOS. The first-order chi connectivity index (χ1) is 5.97. The summed E-state index contributed by atoms with van der Waals surface area (Å²) in [6, 6.07) is 0.423. The van der Waals surface area contributed by atoms with Crippen LogP contribution >= 0.6 is 12.6 Å². The summed E-state index contributed by atoms with van der Waals surface area (Å²) in [5.74, 6) is 0.448. The van der Waals surface area contributed by atoms with Crippen LogP contribution in [0.5, 0.6) is 0 Å². The van der Waals surface area contributed by atoms with Gasteiger partial charge in [-0.15, -0.1) is 0 Å². The molecule has 2 unspecified atom stereocenters. The molecule has 2 atom stereocenters. The molecule has 0 aliphatic carbocycles. The van der Waals surface area contributed by atoms with Crippen LogP contribution in [-0.4, -0.2) is 17.2 Å². The second kappa shape index (κ2) is 6.44. The highest BCUT2D eigenvalue weighted by atomic mass is 32.1. The fraction of sp³-hybridized carbons (Fsp3) is 0.900. The van der Waals surface area contributed by atoms with Crippen LogP contribution in [-0.2, 0) is 4.79 Å². The molecule has 2 nitrogen and oxygen atoms in total. The second-order valence-electron chi connectivity index (χ2n) is 3.79. The largest absolute Gasteiger partial charge is 0.303 e. The number of nitrogens with one attached hydrogen (secondary N) is 1. The number of rotatable bonds is 6. The van der Waals surface area contributed by atoms with Crippen molar-refractivity contribution in [1.82, 2.24) is 5.32 Å². The highest BCUT2D eigenvalue weighted by molar-refractivity contribution is 7.80. The van der Waals surface area contributed by atoms with Gasteiger partial charge in [-0.1, -0.05) is 13.8 Å². The van der Waals surface area contributed by atoms with Crippen molar-refractivity contribution in [2.45, 2.75) is 52.0 Å². The lowest BCUT2D eigenvalue weighted by Crippen LogP contribution is -2.33. The molecule has 1 N–H and O–H groups in total. The minimum absolute atomic E-state index is 0.124. The summed E-state index contributed by atoms with van der Waals surface area (Å²) in [5, 5.41) is 3.39. The third-order valence-electron chi connectivity index (χ3n) is 2.00. The maximum atomic E-state index is 11.3. The Morgan fingerprint density at radius 1 is 1.38 bits per heavy atom. The van der Waals surface area contributed by atoms with Crippen LogP contribution in [0.25, 0.3) is 0 Å². The molecule has 0 heterocycles. The summed E-state index contributed by atoms with van der Waals surface area (Å²) in [6.07, 6.45) is 1.44. The smallest absolute Gasteiger partial charge is 0.135 e. The van der Waals surface area contributed by atoms with Gasteiger partial charge < -0.3 is 5.32 Å². The van der Waals surface area contributed by atoms with E-state index in [1.807, 2.05) is 13.8 Å². The highest BCUT2D eigenvalue weighted by Gasteiger charge is 2.15. The Balaban J connectivity index is 3.77. The third-order valence-corrected chi connectivity index (χ3v) is 2.36. The maximum Gasteiger partial charge on any atom is 0.135 e. The van der Waals surface area contributed by atoms with E-state index in [0.29, 0.717) is 18.2 Å². The van der Waals surface area contributed by atoms with Gasteiger partial charge in [0.05, 0.1) is 5.37 Å². The van der Waals surface area contributed by atoms with Crippen molar-refractivity contribution in [3.63, 3.8) is 0 Å². The van der Waals surface area contributed by atoms with Gasteiger partial charge in [0, 0.05) is 18.4 Å². The van der Waals surface area contributed by atoms with Crippen molar-refractivity contribution in [2.24, 2.45) is 5.92 Å². The van der Waals surface area contributed by atoms with Gasteiger partial charge in [0.1, 0.15) is 5.78 Å². The average Bonchev–Trinajstić information content (AvgIpc) is 2.01. The minimum atomic E-state index is 0.124. The van der Waals surface area contributed by atoms with Gasteiger partial charge in [-0.25, -0.2) is 0 Å². The van der Waals surface area contributed by atoms with Crippen LogP contribution in [0, 0.1) is 5.92 Å². The Morgan fingerprint density at radius 2 is 1.92 bits per heavy atom. The molecule has 0 bridgehead atoms. The first kappa shape index (κ1) is 13.0. The molecule has 0 aliphatic heterocycles. The van der Waals surface area contributed by atoms with Crippen LogP contribution in [0.1, 0.15) is 40.5 Å². The van der Waals surface area contributed by atoms with Crippen molar-refractivity contribution >= 4 is 18.4 Å². The molecule has 0 aromatic carbocycles. The van der Waals surface area contributed by atoms with E-state index in [-0.39, 0.29) is 11.3 Å². The van der Waals surface area contributed by atoms with Gasteiger partial charge in [0.2, 0.25) is 0 Å². The zero-order chi connectivity index (χ0) is 10.4. The van der Waals surface area contributed by atoms with Gasteiger partial charge in [0.15, 0.2) is 0 Å². The summed E-state index contributed by atoms with van der Waals surface area (Å²) < 4.78 is 0. The van der Waals surface area contributed by atoms with Crippen molar-refractivity contribution in [3.8, 4) is 0 Å². The van der Waals surface area contributed by atoms with Gasteiger partial charge in [0.25, 0.3) is 0 Å². The van der Waals surface area contributed by atoms with Crippen molar-refractivity contribution in [2.75, 3.05) is 0 Å². The van der Waals surface area contributed by atoms with Gasteiger partial charge in [-0.2, -0.15) is 12.6 Å². The standard InChI is InChI=1S/C10H21NOS/c1-5-9(12)8(4)6-10(13)11-7(2)3/h7-8,10-11,13H,5-6H2,1-4H3. The summed E-state index contributed by atoms with van der Waals surface area (Å²) in [4.78, 5) is 11.3. The summed E-state index contributed by atoms with van der Waals surface area (Å²) >= 11 is 4.38. The topological polar surface area (TPSA) is 29.1 Å². The molecule has 13 heavy (non-hydrogen) atoms. The SMILES string of the molecule is CCC(=O)C(C)CC(S)NC(C)C. The Labute approximate surface area is 86.9 Å². The van der Waals surface area contributed by atoms with Crippen LogP contribution in [0.3, 0.4) is 0 Å². The Hall–Kier alpha value is -0.0200. The predicted octanol–water partition coefficient (Wildman–Crippen LogP) is 2.25. The molecular weight excluding hydrogens is 182 g/mol. The van der Waals surface area contributed by atoms with Crippen LogP contribution in [0.2, 0.25) is 0 Å². The monoisotopic (exact) mass is 203 g/mol. The summed E-state index contributed by atoms with van der Waals surface area (Å²) in [7, 11) is 0. The normalized spacial score (nSPS) is 15.8. The van der Waals surface area contributed by atoms with Crippen LogP contribution in [0.15, 0.2) is 0 Å².